The van der Waals surface area contributed by atoms with Crippen molar-refractivity contribution in [2.24, 2.45) is 17.8 Å². The first-order chi connectivity index (χ1) is 17.7. The van der Waals surface area contributed by atoms with E-state index in [0.29, 0.717) is 19.4 Å². The summed E-state index contributed by atoms with van der Waals surface area (Å²) in [5, 5.41) is 10.4. The molecule has 4 aliphatic rings. The van der Waals surface area contributed by atoms with Crippen LogP contribution in [0, 0.1) is 31.6 Å². The van der Waals surface area contributed by atoms with Gasteiger partial charge in [0.2, 0.25) is 5.91 Å². The molecule has 2 amide bonds. The zero-order chi connectivity index (χ0) is 26.5. The third-order valence-electron chi connectivity index (χ3n) is 8.06. The van der Waals surface area contributed by atoms with E-state index in [2.05, 4.69) is 0 Å². The molecule has 1 spiro atoms. The monoisotopic (exact) mass is 508 g/mol. The first-order valence-electron chi connectivity index (χ1n) is 13.2. The number of nitrogens with zero attached hydrogens (tertiary/aromatic N) is 2. The highest BCUT2D eigenvalue weighted by molar-refractivity contribution is 6.06. The standard InChI is InChI=1S/C29H36N2O6/c1-17(2)14-20(16-32)31-25-27(34)30(21-15-18(3)9-10-19(21)4)12-7-11-29(25)24(26(31)33)23-22(37-29)8-5-6-13-36-28(23)35/h5,7-11,15,17,20,22-25,32H,6,12-14,16H2,1-4H3/t20-,22+,23-,24+,25?,29+/m1/s1. The second-order valence-corrected chi connectivity index (χ2v) is 11.1. The molecule has 5 rings (SSSR count). The number of rotatable bonds is 5. The molecule has 2 saturated heterocycles. The summed E-state index contributed by atoms with van der Waals surface area (Å²) >= 11 is 0. The van der Waals surface area contributed by atoms with Gasteiger partial charge in [0.1, 0.15) is 17.6 Å². The lowest BCUT2D eigenvalue weighted by molar-refractivity contribution is -0.155. The fourth-order valence-corrected chi connectivity index (χ4v) is 6.49. The zero-order valence-corrected chi connectivity index (χ0v) is 21.9. The van der Waals surface area contributed by atoms with E-state index >= 15 is 0 Å². The van der Waals surface area contributed by atoms with Gasteiger partial charge in [-0.3, -0.25) is 14.4 Å². The van der Waals surface area contributed by atoms with Crippen molar-refractivity contribution in [2.45, 2.75) is 64.3 Å². The van der Waals surface area contributed by atoms with E-state index in [1.54, 1.807) is 4.90 Å². The van der Waals surface area contributed by atoms with Gasteiger partial charge in [0.25, 0.3) is 5.91 Å². The number of aliphatic hydroxyl groups is 1. The van der Waals surface area contributed by atoms with Crippen LogP contribution in [0.15, 0.2) is 42.5 Å². The number of carbonyl (C=O) groups excluding carboxylic acids is 3. The van der Waals surface area contributed by atoms with E-state index in [0.717, 1.165) is 16.8 Å². The van der Waals surface area contributed by atoms with Gasteiger partial charge in [-0.05, 0) is 49.8 Å². The molecule has 37 heavy (non-hydrogen) atoms. The van der Waals surface area contributed by atoms with Crippen molar-refractivity contribution < 1.29 is 29.0 Å². The Kier molecular flexibility index (Phi) is 6.75. The predicted molar refractivity (Wildman–Crippen MR) is 138 cm³/mol. The minimum atomic E-state index is -1.34. The molecule has 0 aromatic heterocycles. The SMILES string of the molecule is Cc1ccc(C)c(N2CC=C[C@]34O[C@H]5C=CCCOC(=O)[C@H]5[C@H]3C(=O)N([C@@H](CO)CC(C)C)C4C2=O)c1. The number of benzene rings is 1. The number of aliphatic hydroxyl groups excluding tert-OH is 1. The number of fused-ring (bicyclic) bond motifs is 2. The zero-order valence-electron chi connectivity index (χ0n) is 21.9. The van der Waals surface area contributed by atoms with Gasteiger partial charge in [-0.25, -0.2) is 0 Å². The number of likely N-dealkylation sites (tertiary alicyclic amines) is 1. The summed E-state index contributed by atoms with van der Waals surface area (Å²) in [5.74, 6) is -2.70. The van der Waals surface area contributed by atoms with Crippen molar-refractivity contribution >= 4 is 23.5 Å². The minimum absolute atomic E-state index is 0.177. The molecule has 1 aromatic rings. The van der Waals surface area contributed by atoms with Gasteiger partial charge in [-0.1, -0.05) is 50.3 Å². The number of cyclic esters (lactones) is 1. The van der Waals surface area contributed by atoms with Crippen LogP contribution in [0.4, 0.5) is 5.69 Å². The summed E-state index contributed by atoms with van der Waals surface area (Å²) in [6.07, 6.45) is 7.83. The van der Waals surface area contributed by atoms with E-state index in [1.807, 2.05) is 70.2 Å². The van der Waals surface area contributed by atoms with E-state index in [-0.39, 0.29) is 30.9 Å². The molecule has 1 unspecified atom stereocenters. The van der Waals surface area contributed by atoms with Crippen LogP contribution < -0.4 is 4.90 Å². The van der Waals surface area contributed by atoms with Crippen LogP contribution in [0.25, 0.3) is 0 Å². The molecule has 198 valence electrons. The van der Waals surface area contributed by atoms with Gasteiger partial charge >= 0.3 is 5.97 Å². The Labute approximate surface area is 217 Å². The normalized spacial score (nSPS) is 32.0. The summed E-state index contributed by atoms with van der Waals surface area (Å²) < 4.78 is 12.1. The molecule has 1 N–H and O–H groups in total. The van der Waals surface area contributed by atoms with Crippen LogP contribution in [-0.4, -0.2) is 71.3 Å². The smallest absolute Gasteiger partial charge is 0.312 e. The molecule has 0 aliphatic carbocycles. The number of amides is 2. The quantitative estimate of drug-likeness (QED) is 0.485. The van der Waals surface area contributed by atoms with Gasteiger partial charge in [-0.2, -0.15) is 0 Å². The third kappa shape index (κ3) is 4.10. The molecule has 0 radical (unpaired) electrons. The molecule has 8 nitrogen and oxygen atoms in total. The van der Waals surface area contributed by atoms with E-state index in [4.69, 9.17) is 9.47 Å². The van der Waals surface area contributed by atoms with Crippen LogP contribution >= 0.6 is 0 Å². The summed E-state index contributed by atoms with van der Waals surface area (Å²) in [6.45, 7) is 8.22. The van der Waals surface area contributed by atoms with Gasteiger partial charge in [0.05, 0.1) is 31.3 Å². The predicted octanol–water partition coefficient (Wildman–Crippen LogP) is 2.70. The first kappa shape index (κ1) is 25.7. The Morgan fingerprint density at radius 1 is 1.14 bits per heavy atom. The van der Waals surface area contributed by atoms with Crippen molar-refractivity contribution in [3.8, 4) is 0 Å². The fraction of sp³-hybridized carbons (Fsp3) is 0.552. The highest BCUT2D eigenvalue weighted by atomic mass is 16.6. The lowest BCUT2D eigenvalue weighted by Crippen LogP contribution is -2.58. The highest BCUT2D eigenvalue weighted by Crippen LogP contribution is 2.54. The van der Waals surface area contributed by atoms with E-state index in [1.165, 1.54) is 4.90 Å². The van der Waals surface area contributed by atoms with Gasteiger partial charge in [0.15, 0.2) is 0 Å². The Morgan fingerprint density at radius 3 is 2.65 bits per heavy atom. The van der Waals surface area contributed by atoms with Gasteiger partial charge in [0, 0.05) is 12.2 Å². The lowest BCUT2D eigenvalue weighted by atomic mass is 9.77. The van der Waals surface area contributed by atoms with Crippen molar-refractivity contribution in [1.82, 2.24) is 4.90 Å². The number of carbonyl (C=O) groups is 3. The summed E-state index contributed by atoms with van der Waals surface area (Å²) in [5.41, 5.74) is 1.39. The van der Waals surface area contributed by atoms with Crippen LogP contribution in [0.2, 0.25) is 0 Å². The first-order valence-corrected chi connectivity index (χ1v) is 13.2. The maximum absolute atomic E-state index is 14.5. The number of aryl methyl sites for hydroxylation is 2. The number of anilines is 1. The molecule has 4 aliphatic heterocycles. The molecule has 6 atom stereocenters. The number of ether oxygens (including phenoxy) is 2. The summed E-state index contributed by atoms with van der Waals surface area (Å²) in [6, 6.07) is 4.34. The second-order valence-electron chi connectivity index (χ2n) is 11.1. The molecule has 8 heteroatoms. The minimum Gasteiger partial charge on any atom is -0.465 e. The Hall–Kier alpha value is -2.97. The number of hydrogen-bond donors (Lipinski definition) is 1. The van der Waals surface area contributed by atoms with Crippen LogP contribution in [0.1, 0.15) is 37.8 Å². The Bertz CT molecular complexity index is 1160. The summed E-state index contributed by atoms with van der Waals surface area (Å²) in [4.78, 5) is 45.2. The number of hydrogen-bond acceptors (Lipinski definition) is 6. The van der Waals surface area contributed by atoms with Crippen molar-refractivity contribution in [1.29, 1.82) is 0 Å². The van der Waals surface area contributed by atoms with Gasteiger partial charge in [-0.15, -0.1) is 0 Å². The van der Waals surface area contributed by atoms with Crippen LogP contribution in [0.3, 0.4) is 0 Å². The summed E-state index contributed by atoms with van der Waals surface area (Å²) in [7, 11) is 0. The maximum atomic E-state index is 14.5. The lowest BCUT2D eigenvalue weighted by Gasteiger charge is -2.39. The highest BCUT2D eigenvalue weighted by Gasteiger charge is 2.72. The Balaban J connectivity index is 1.67. The van der Waals surface area contributed by atoms with Crippen molar-refractivity contribution in [3.63, 3.8) is 0 Å². The fourth-order valence-electron chi connectivity index (χ4n) is 6.49. The van der Waals surface area contributed by atoms with Crippen molar-refractivity contribution in [2.75, 3.05) is 24.7 Å². The molecule has 2 fully saturated rings. The average molecular weight is 509 g/mol. The molecular weight excluding hydrogens is 472 g/mol. The number of esters is 1. The van der Waals surface area contributed by atoms with Crippen LogP contribution in [-0.2, 0) is 23.9 Å². The van der Waals surface area contributed by atoms with Gasteiger partial charge < -0.3 is 24.4 Å². The molecule has 0 bridgehead atoms. The van der Waals surface area contributed by atoms with Crippen LogP contribution in [0.5, 0.6) is 0 Å². The van der Waals surface area contributed by atoms with E-state index < -0.39 is 41.6 Å². The average Bonchev–Trinajstić information content (AvgIpc) is 3.23. The topological polar surface area (TPSA) is 96.4 Å². The molecule has 1 aromatic carbocycles. The second kappa shape index (κ2) is 9.72. The largest absolute Gasteiger partial charge is 0.465 e. The van der Waals surface area contributed by atoms with Crippen molar-refractivity contribution in [3.05, 3.63) is 53.6 Å². The maximum Gasteiger partial charge on any atom is 0.312 e. The van der Waals surface area contributed by atoms with E-state index in [9.17, 15) is 19.5 Å². The Morgan fingerprint density at radius 2 is 1.92 bits per heavy atom. The molecule has 4 heterocycles. The molecular formula is C29H36N2O6. The molecule has 0 saturated carbocycles. The third-order valence-corrected chi connectivity index (χ3v) is 8.06.